The zero-order valence-electron chi connectivity index (χ0n) is 7.30. The maximum atomic E-state index is 2.43. The molecule has 1 heteroatoms. The molecular formula is C10H15N. The van der Waals surface area contributed by atoms with Gasteiger partial charge in [0.2, 0.25) is 0 Å². The number of aromatic nitrogens is 1. The Morgan fingerprint density at radius 3 is 2.27 bits per heavy atom. The lowest BCUT2D eigenvalue weighted by molar-refractivity contribution is 0.603. The van der Waals surface area contributed by atoms with Crippen LogP contribution in [0.15, 0.2) is 12.1 Å². The second-order valence-corrected chi connectivity index (χ2v) is 3.67. The first kappa shape index (κ1) is 6.96. The van der Waals surface area contributed by atoms with Crippen LogP contribution in [0, 0.1) is 19.8 Å². The van der Waals surface area contributed by atoms with Gasteiger partial charge in [-0.1, -0.05) is 0 Å². The molecule has 0 spiro atoms. The summed E-state index contributed by atoms with van der Waals surface area (Å²) in [6.07, 6.45) is 2.88. The first-order valence-corrected chi connectivity index (χ1v) is 4.40. The van der Waals surface area contributed by atoms with E-state index in [9.17, 15) is 0 Å². The standard InChI is InChI=1S/C10H15N/c1-8-3-4-9(2)11(8)7-10-5-6-10/h3-4,10H,5-7H2,1-2H3. The van der Waals surface area contributed by atoms with Crippen molar-refractivity contribution in [2.75, 3.05) is 0 Å². The lowest BCUT2D eigenvalue weighted by Crippen LogP contribution is -2.03. The maximum Gasteiger partial charge on any atom is 0.0252 e. The van der Waals surface area contributed by atoms with E-state index in [0.29, 0.717) is 0 Å². The van der Waals surface area contributed by atoms with Crippen molar-refractivity contribution in [3.8, 4) is 0 Å². The summed E-state index contributed by atoms with van der Waals surface area (Å²) < 4.78 is 2.43. The third-order valence-electron chi connectivity index (χ3n) is 2.55. The molecule has 0 radical (unpaired) electrons. The Labute approximate surface area is 68.0 Å². The van der Waals surface area contributed by atoms with Crippen LogP contribution in [-0.4, -0.2) is 4.57 Å². The van der Waals surface area contributed by atoms with Crippen molar-refractivity contribution in [2.45, 2.75) is 33.2 Å². The zero-order chi connectivity index (χ0) is 7.84. The largest absolute Gasteiger partial charge is 0.349 e. The van der Waals surface area contributed by atoms with E-state index in [0.717, 1.165) is 5.92 Å². The molecule has 2 rings (SSSR count). The van der Waals surface area contributed by atoms with Gasteiger partial charge in [-0.05, 0) is 44.7 Å². The number of hydrogen-bond acceptors (Lipinski definition) is 0. The summed E-state index contributed by atoms with van der Waals surface area (Å²) >= 11 is 0. The summed E-state index contributed by atoms with van der Waals surface area (Å²) in [5.74, 6) is 0.986. The Morgan fingerprint density at radius 1 is 1.27 bits per heavy atom. The van der Waals surface area contributed by atoms with Gasteiger partial charge in [0.05, 0.1) is 0 Å². The average molecular weight is 149 g/mol. The van der Waals surface area contributed by atoms with Gasteiger partial charge in [-0.3, -0.25) is 0 Å². The molecule has 0 unspecified atom stereocenters. The summed E-state index contributed by atoms with van der Waals surface area (Å²) in [5.41, 5.74) is 2.82. The van der Waals surface area contributed by atoms with Gasteiger partial charge in [0.15, 0.2) is 0 Å². The third kappa shape index (κ3) is 1.32. The Balaban J connectivity index is 2.19. The van der Waals surface area contributed by atoms with E-state index in [1.165, 1.54) is 30.8 Å². The van der Waals surface area contributed by atoms with Crippen LogP contribution >= 0.6 is 0 Å². The number of nitrogens with zero attached hydrogens (tertiary/aromatic N) is 1. The van der Waals surface area contributed by atoms with Gasteiger partial charge >= 0.3 is 0 Å². The fourth-order valence-electron chi connectivity index (χ4n) is 1.55. The molecule has 0 bridgehead atoms. The molecule has 0 atom stereocenters. The molecule has 0 aliphatic heterocycles. The summed E-state index contributed by atoms with van der Waals surface area (Å²) in [5, 5.41) is 0. The molecule has 1 saturated carbocycles. The topological polar surface area (TPSA) is 4.93 Å². The Hall–Kier alpha value is -0.720. The normalized spacial score (nSPS) is 17.3. The lowest BCUT2D eigenvalue weighted by atomic mass is 10.4. The Kier molecular flexibility index (Phi) is 1.52. The highest BCUT2D eigenvalue weighted by Gasteiger charge is 2.22. The van der Waals surface area contributed by atoms with E-state index in [1.807, 2.05) is 0 Å². The molecule has 1 heterocycles. The number of aryl methyl sites for hydroxylation is 2. The Morgan fingerprint density at radius 2 is 1.82 bits per heavy atom. The van der Waals surface area contributed by atoms with Gasteiger partial charge in [-0.15, -0.1) is 0 Å². The minimum Gasteiger partial charge on any atom is -0.349 e. The van der Waals surface area contributed by atoms with E-state index in [1.54, 1.807) is 0 Å². The highest BCUT2D eigenvalue weighted by Crippen LogP contribution is 2.31. The molecule has 1 aromatic heterocycles. The minimum absolute atomic E-state index is 0.986. The average Bonchev–Trinajstić information content (AvgIpc) is 2.73. The smallest absolute Gasteiger partial charge is 0.0252 e. The molecule has 1 fully saturated rings. The lowest BCUT2D eigenvalue weighted by Gasteiger charge is -2.06. The molecule has 0 amide bonds. The van der Waals surface area contributed by atoms with Crippen LogP contribution in [0.3, 0.4) is 0 Å². The van der Waals surface area contributed by atoms with Crippen LogP contribution in [0.1, 0.15) is 24.2 Å². The Bertz CT molecular complexity index is 236. The molecule has 1 aromatic rings. The van der Waals surface area contributed by atoms with Crippen molar-refractivity contribution in [1.82, 2.24) is 4.57 Å². The molecule has 1 aliphatic carbocycles. The highest BCUT2D eigenvalue weighted by molar-refractivity contribution is 5.13. The van der Waals surface area contributed by atoms with Crippen molar-refractivity contribution < 1.29 is 0 Å². The van der Waals surface area contributed by atoms with Crippen molar-refractivity contribution in [1.29, 1.82) is 0 Å². The predicted molar refractivity (Wildman–Crippen MR) is 46.6 cm³/mol. The first-order chi connectivity index (χ1) is 5.27. The van der Waals surface area contributed by atoms with Gasteiger partial charge < -0.3 is 4.57 Å². The summed E-state index contributed by atoms with van der Waals surface area (Å²) in [6.45, 7) is 5.63. The fourth-order valence-corrected chi connectivity index (χ4v) is 1.55. The SMILES string of the molecule is Cc1ccc(C)n1CC1CC1. The van der Waals surface area contributed by atoms with Crippen molar-refractivity contribution in [2.24, 2.45) is 5.92 Å². The van der Waals surface area contributed by atoms with Crippen molar-refractivity contribution in [3.05, 3.63) is 23.5 Å². The monoisotopic (exact) mass is 149 g/mol. The van der Waals surface area contributed by atoms with E-state index < -0.39 is 0 Å². The molecule has 11 heavy (non-hydrogen) atoms. The number of rotatable bonds is 2. The van der Waals surface area contributed by atoms with Gasteiger partial charge in [0, 0.05) is 17.9 Å². The van der Waals surface area contributed by atoms with E-state index in [2.05, 4.69) is 30.5 Å². The van der Waals surface area contributed by atoms with Gasteiger partial charge in [-0.2, -0.15) is 0 Å². The van der Waals surface area contributed by atoms with E-state index in [4.69, 9.17) is 0 Å². The second kappa shape index (κ2) is 2.40. The first-order valence-electron chi connectivity index (χ1n) is 4.40. The highest BCUT2D eigenvalue weighted by atomic mass is 15.0. The number of hydrogen-bond donors (Lipinski definition) is 0. The quantitative estimate of drug-likeness (QED) is 0.609. The molecule has 0 N–H and O–H groups in total. The fraction of sp³-hybridized carbons (Fsp3) is 0.600. The van der Waals surface area contributed by atoms with Crippen LogP contribution in [0.25, 0.3) is 0 Å². The summed E-state index contributed by atoms with van der Waals surface area (Å²) in [4.78, 5) is 0. The molecule has 60 valence electrons. The van der Waals surface area contributed by atoms with Gasteiger partial charge in [0.1, 0.15) is 0 Å². The predicted octanol–water partition coefficient (Wildman–Crippen LogP) is 2.51. The van der Waals surface area contributed by atoms with Crippen molar-refractivity contribution in [3.63, 3.8) is 0 Å². The molecular weight excluding hydrogens is 134 g/mol. The van der Waals surface area contributed by atoms with Crippen LogP contribution in [-0.2, 0) is 6.54 Å². The second-order valence-electron chi connectivity index (χ2n) is 3.67. The summed E-state index contributed by atoms with van der Waals surface area (Å²) in [6, 6.07) is 4.41. The third-order valence-corrected chi connectivity index (χ3v) is 2.55. The van der Waals surface area contributed by atoms with Crippen LogP contribution in [0.2, 0.25) is 0 Å². The molecule has 1 aliphatic rings. The minimum atomic E-state index is 0.986. The summed E-state index contributed by atoms with van der Waals surface area (Å²) in [7, 11) is 0. The van der Waals surface area contributed by atoms with Gasteiger partial charge in [0.25, 0.3) is 0 Å². The van der Waals surface area contributed by atoms with Gasteiger partial charge in [-0.25, -0.2) is 0 Å². The van der Waals surface area contributed by atoms with E-state index in [-0.39, 0.29) is 0 Å². The van der Waals surface area contributed by atoms with Crippen molar-refractivity contribution >= 4 is 0 Å². The van der Waals surface area contributed by atoms with Crippen LogP contribution < -0.4 is 0 Å². The molecule has 0 saturated heterocycles. The molecule has 1 nitrogen and oxygen atoms in total. The van der Waals surface area contributed by atoms with E-state index >= 15 is 0 Å². The zero-order valence-corrected chi connectivity index (χ0v) is 7.30. The van der Waals surface area contributed by atoms with Crippen LogP contribution in [0.4, 0.5) is 0 Å². The maximum absolute atomic E-state index is 2.43. The van der Waals surface area contributed by atoms with Crippen LogP contribution in [0.5, 0.6) is 0 Å². The molecule has 0 aromatic carbocycles.